The zero-order valence-corrected chi connectivity index (χ0v) is 14.7. The first-order valence-corrected chi connectivity index (χ1v) is 9.29. The minimum Gasteiger partial charge on any atom is -0.394 e. The lowest BCUT2D eigenvalue weighted by Crippen LogP contribution is -2.51. The van der Waals surface area contributed by atoms with Crippen LogP contribution in [0.4, 0.5) is 0 Å². The monoisotopic (exact) mass is 347 g/mol. The first-order chi connectivity index (χ1) is 10.1. The molecule has 0 aliphatic heterocycles. The molecule has 21 heavy (non-hydrogen) atoms. The number of benzene rings is 1. The number of hydrogen-bond donors (Lipinski definition) is 2. The van der Waals surface area contributed by atoms with Gasteiger partial charge in [0.15, 0.2) is 0 Å². The Morgan fingerprint density at radius 2 is 2.24 bits per heavy atom. The minimum absolute atomic E-state index is 0.0760. The van der Waals surface area contributed by atoms with Crippen molar-refractivity contribution in [1.29, 1.82) is 0 Å². The molecule has 0 amide bonds. The predicted octanol–water partition coefficient (Wildman–Crippen LogP) is 4.62. The first-order valence-electron chi connectivity index (χ1n) is 7.55. The molecule has 2 N–H and O–H groups in total. The number of halogens is 2. The molecule has 0 aromatic heterocycles. The van der Waals surface area contributed by atoms with Crippen LogP contribution in [0.3, 0.4) is 0 Å². The average Bonchev–Trinajstić information content (AvgIpc) is 2.86. The van der Waals surface area contributed by atoms with Crippen molar-refractivity contribution in [3.8, 4) is 0 Å². The second-order valence-corrected chi connectivity index (χ2v) is 7.63. The molecule has 2 unspecified atom stereocenters. The Balaban J connectivity index is 1.91. The highest BCUT2D eigenvalue weighted by molar-refractivity contribution is 7.99. The van der Waals surface area contributed by atoms with E-state index in [-0.39, 0.29) is 12.1 Å². The van der Waals surface area contributed by atoms with Crippen LogP contribution in [0.15, 0.2) is 23.1 Å². The Morgan fingerprint density at radius 1 is 1.43 bits per heavy atom. The van der Waals surface area contributed by atoms with E-state index in [4.69, 9.17) is 23.2 Å². The van der Waals surface area contributed by atoms with E-state index in [0.29, 0.717) is 5.92 Å². The van der Waals surface area contributed by atoms with Gasteiger partial charge in [0.25, 0.3) is 0 Å². The SMILES string of the molecule is CCNC1(CO)CCCC1CCSc1cc(Cl)ccc1Cl. The molecule has 0 saturated heterocycles. The number of thioether (sulfide) groups is 1. The molecule has 1 aromatic rings. The molecule has 2 atom stereocenters. The third kappa shape index (κ3) is 4.29. The van der Waals surface area contributed by atoms with Crippen LogP contribution < -0.4 is 5.32 Å². The number of aliphatic hydroxyl groups is 1. The molecule has 5 heteroatoms. The van der Waals surface area contributed by atoms with Gasteiger partial charge in [0.1, 0.15) is 0 Å². The highest BCUT2D eigenvalue weighted by Gasteiger charge is 2.41. The van der Waals surface area contributed by atoms with Gasteiger partial charge in [-0.05, 0) is 55.7 Å². The van der Waals surface area contributed by atoms with Gasteiger partial charge in [-0.15, -0.1) is 11.8 Å². The van der Waals surface area contributed by atoms with Gasteiger partial charge in [0.2, 0.25) is 0 Å². The molecular weight excluding hydrogens is 325 g/mol. The molecule has 0 heterocycles. The molecule has 118 valence electrons. The fourth-order valence-electron chi connectivity index (χ4n) is 3.31. The van der Waals surface area contributed by atoms with E-state index >= 15 is 0 Å². The maximum Gasteiger partial charge on any atom is 0.0616 e. The van der Waals surface area contributed by atoms with E-state index in [0.717, 1.165) is 40.1 Å². The molecule has 0 radical (unpaired) electrons. The van der Waals surface area contributed by atoms with Crippen LogP contribution in [0.2, 0.25) is 10.0 Å². The van der Waals surface area contributed by atoms with Gasteiger partial charge in [0, 0.05) is 15.5 Å². The Hall–Kier alpha value is 0.0700. The zero-order chi connectivity index (χ0) is 15.3. The van der Waals surface area contributed by atoms with Crippen molar-refractivity contribution in [3.63, 3.8) is 0 Å². The summed E-state index contributed by atoms with van der Waals surface area (Å²) in [7, 11) is 0. The summed E-state index contributed by atoms with van der Waals surface area (Å²) in [5.74, 6) is 1.53. The Labute approximate surface area is 141 Å². The van der Waals surface area contributed by atoms with Crippen LogP contribution in [-0.4, -0.2) is 29.5 Å². The van der Waals surface area contributed by atoms with Gasteiger partial charge in [-0.25, -0.2) is 0 Å². The third-order valence-corrected chi connectivity index (χ3v) is 6.15. The maximum atomic E-state index is 9.81. The van der Waals surface area contributed by atoms with Crippen LogP contribution in [0.5, 0.6) is 0 Å². The third-order valence-electron chi connectivity index (χ3n) is 4.39. The Morgan fingerprint density at radius 3 is 2.95 bits per heavy atom. The number of rotatable bonds is 7. The molecule has 1 saturated carbocycles. The van der Waals surface area contributed by atoms with Crippen molar-refractivity contribution in [2.75, 3.05) is 18.9 Å². The van der Waals surface area contributed by atoms with Crippen molar-refractivity contribution >= 4 is 35.0 Å². The van der Waals surface area contributed by atoms with E-state index in [1.807, 2.05) is 18.2 Å². The van der Waals surface area contributed by atoms with E-state index in [1.165, 1.54) is 12.8 Å². The molecule has 0 spiro atoms. The van der Waals surface area contributed by atoms with Crippen LogP contribution in [-0.2, 0) is 0 Å². The van der Waals surface area contributed by atoms with Crippen LogP contribution in [0, 0.1) is 5.92 Å². The van der Waals surface area contributed by atoms with Crippen LogP contribution >= 0.6 is 35.0 Å². The second kappa shape index (κ2) is 8.07. The number of nitrogens with one attached hydrogen (secondary N) is 1. The summed E-state index contributed by atoms with van der Waals surface area (Å²) in [5, 5.41) is 14.8. The molecule has 2 rings (SSSR count). The normalized spacial score (nSPS) is 25.4. The fraction of sp³-hybridized carbons (Fsp3) is 0.625. The van der Waals surface area contributed by atoms with Gasteiger partial charge in [-0.3, -0.25) is 0 Å². The van der Waals surface area contributed by atoms with Crippen molar-refractivity contribution in [3.05, 3.63) is 28.2 Å². The highest BCUT2D eigenvalue weighted by Crippen LogP contribution is 2.39. The summed E-state index contributed by atoms with van der Waals surface area (Å²) in [6.07, 6.45) is 4.55. The van der Waals surface area contributed by atoms with E-state index < -0.39 is 0 Å². The second-order valence-electron chi connectivity index (χ2n) is 5.65. The van der Waals surface area contributed by atoms with E-state index in [2.05, 4.69) is 12.2 Å². The summed E-state index contributed by atoms with van der Waals surface area (Å²) in [4.78, 5) is 1.04. The van der Waals surface area contributed by atoms with Crippen LogP contribution in [0.25, 0.3) is 0 Å². The number of aliphatic hydroxyl groups excluding tert-OH is 1. The lowest BCUT2D eigenvalue weighted by atomic mass is 9.86. The van der Waals surface area contributed by atoms with Crippen molar-refractivity contribution < 1.29 is 5.11 Å². The molecule has 1 aromatic carbocycles. The zero-order valence-electron chi connectivity index (χ0n) is 12.4. The summed E-state index contributed by atoms with van der Waals surface area (Å²) in [6, 6.07) is 5.58. The van der Waals surface area contributed by atoms with Gasteiger partial charge in [-0.2, -0.15) is 0 Å². The maximum absolute atomic E-state index is 9.81. The lowest BCUT2D eigenvalue weighted by molar-refractivity contribution is 0.124. The number of likely N-dealkylation sites (N-methyl/N-ethyl adjacent to an activating group) is 1. The number of hydrogen-bond acceptors (Lipinski definition) is 3. The van der Waals surface area contributed by atoms with E-state index in [9.17, 15) is 5.11 Å². The topological polar surface area (TPSA) is 32.3 Å². The Kier molecular flexibility index (Phi) is 6.70. The van der Waals surface area contributed by atoms with Crippen molar-refractivity contribution in [2.45, 2.75) is 43.0 Å². The fourth-order valence-corrected chi connectivity index (χ4v) is 4.87. The summed E-state index contributed by atoms with van der Waals surface area (Å²) in [5.41, 5.74) is -0.0760. The van der Waals surface area contributed by atoms with Gasteiger partial charge < -0.3 is 10.4 Å². The van der Waals surface area contributed by atoms with E-state index in [1.54, 1.807) is 11.8 Å². The van der Waals surface area contributed by atoms with Crippen molar-refractivity contribution in [2.24, 2.45) is 5.92 Å². The summed E-state index contributed by atoms with van der Waals surface area (Å²) < 4.78 is 0. The summed E-state index contributed by atoms with van der Waals surface area (Å²) >= 11 is 14.0. The lowest BCUT2D eigenvalue weighted by Gasteiger charge is -2.35. The Bertz CT molecular complexity index is 472. The molecule has 1 fully saturated rings. The minimum atomic E-state index is -0.0760. The van der Waals surface area contributed by atoms with Crippen molar-refractivity contribution in [1.82, 2.24) is 5.32 Å². The van der Waals surface area contributed by atoms with Gasteiger partial charge in [0.05, 0.1) is 11.6 Å². The average molecular weight is 348 g/mol. The van der Waals surface area contributed by atoms with Gasteiger partial charge >= 0.3 is 0 Å². The molecule has 2 nitrogen and oxygen atoms in total. The molecule has 1 aliphatic rings. The van der Waals surface area contributed by atoms with Gasteiger partial charge in [-0.1, -0.05) is 36.5 Å². The van der Waals surface area contributed by atoms with Crippen LogP contribution in [0.1, 0.15) is 32.6 Å². The molecule has 1 aliphatic carbocycles. The summed E-state index contributed by atoms with van der Waals surface area (Å²) in [6.45, 7) is 3.24. The smallest absolute Gasteiger partial charge is 0.0616 e. The predicted molar refractivity (Wildman–Crippen MR) is 92.6 cm³/mol. The molecular formula is C16H23Cl2NOS. The first kappa shape index (κ1) is 17.4. The quantitative estimate of drug-likeness (QED) is 0.706. The highest BCUT2D eigenvalue weighted by atomic mass is 35.5. The largest absolute Gasteiger partial charge is 0.394 e. The molecule has 0 bridgehead atoms. The standard InChI is InChI=1S/C16H23Cl2NOS/c1-2-19-16(11-20)8-3-4-12(16)7-9-21-15-10-13(17)5-6-14(15)18/h5-6,10,12,19-20H,2-4,7-9,11H2,1H3.